The van der Waals surface area contributed by atoms with Gasteiger partial charge in [0.1, 0.15) is 11.4 Å². The number of fused-ring (bicyclic) bond motifs is 1. The van der Waals surface area contributed by atoms with Crippen molar-refractivity contribution in [1.82, 2.24) is 25.1 Å². The summed E-state index contributed by atoms with van der Waals surface area (Å²) >= 11 is 0. The van der Waals surface area contributed by atoms with Gasteiger partial charge in [0.05, 0.1) is 5.69 Å². The number of hydrogen-bond donors (Lipinski definition) is 2. The maximum absolute atomic E-state index is 13.7. The van der Waals surface area contributed by atoms with Gasteiger partial charge >= 0.3 is 0 Å². The summed E-state index contributed by atoms with van der Waals surface area (Å²) in [6.07, 6.45) is 8.69. The van der Waals surface area contributed by atoms with Crippen LogP contribution in [0, 0.1) is 0 Å². The zero-order valence-corrected chi connectivity index (χ0v) is 21.0. The molecule has 2 aliphatic carbocycles. The largest absolute Gasteiger partial charge is 0.340 e. The molecule has 2 saturated heterocycles. The Morgan fingerprint density at radius 2 is 1.83 bits per heavy atom. The first-order valence-electron chi connectivity index (χ1n) is 13.5. The van der Waals surface area contributed by atoms with E-state index in [1.807, 2.05) is 11.8 Å². The van der Waals surface area contributed by atoms with Crippen molar-refractivity contribution in [3.8, 4) is 0 Å². The molecule has 8 nitrogen and oxygen atoms in total. The van der Waals surface area contributed by atoms with E-state index in [9.17, 15) is 13.6 Å². The number of aromatic nitrogens is 4. The molecule has 3 fully saturated rings. The van der Waals surface area contributed by atoms with Crippen LogP contribution in [0.5, 0.6) is 0 Å². The second-order valence-electron chi connectivity index (χ2n) is 11.1. The van der Waals surface area contributed by atoms with Gasteiger partial charge in [0.2, 0.25) is 11.9 Å². The molecule has 2 aliphatic heterocycles. The summed E-state index contributed by atoms with van der Waals surface area (Å²) in [7, 11) is 0. The smallest absolute Gasteiger partial charge is 0.251 e. The molecule has 36 heavy (non-hydrogen) atoms. The Bertz CT molecular complexity index is 1140. The number of amides is 1. The maximum atomic E-state index is 13.7. The third-order valence-electron chi connectivity index (χ3n) is 8.69. The molecule has 2 aromatic rings. The van der Waals surface area contributed by atoms with Crippen LogP contribution in [0.15, 0.2) is 6.07 Å². The van der Waals surface area contributed by atoms with Crippen LogP contribution in [0.1, 0.15) is 87.6 Å². The van der Waals surface area contributed by atoms with Crippen LogP contribution in [0.25, 0.3) is 0 Å². The maximum Gasteiger partial charge on any atom is 0.251 e. The molecule has 10 heteroatoms. The Labute approximate surface area is 210 Å². The topological polar surface area (TPSA) is 90.0 Å². The van der Waals surface area contributed by atoms with Crippen molar-refractivity contribution in [1.29, 1.82) is 0 Å². The van der Waals surface area contributed by atoms with Crippen molar-refractivity contribution < 1.29 is 13.6 Å². The van der Waals surface area contributed by atoms with Crippen LogP contribution in [0.2, 0.25) is 0 Å². The summed E-state index contributed by atoms with van der Waals surface area (Å²) in [6, 6.07) is 2.09. The van der Waals surface area contributed by atoms with Gasteiger partial charge in [0.25, 0.3) is 5.92 Å². The van der Waals surface area contributed by atoms with E-state index in [1.165, 1.54) is 31.4 Å². The highest BCUT2D eigenvalue weighted by Gasteiger charge is 2.48. The number of halogens is 2. The van der Waals surface area contributed by atoms with Crippen LogP contribution in [0.3, 0.4) is 0 Å². The van der Waals surface area contributed by atoms with Crippen LogP contribution in [0.4, 0.5) is 26.4 Å². The third kappa shape index (κ3) is 4.22. The normalized spacial score (nSPS) is 26.0. The standard InChI is InChI=1S/C26H35F2N7O/c1-25(23(36)34-14-11-26(27,28)12-15-34)10-5-13-35(25)24-29-19-9-4-8-18(19)22(31-24)30-21-16-20(32-33-21)17-6-2-3-7-17/h16-17H,2-15H2,1H3,(H2,29,30,31,32,33)/t25-/m1/s1. The molecule has 1 saturated carbocycles. The van der Waals surface area contributed by atoms with Gasteiger partial charge in [-0.3, -0.25) is 9.89 Å². The molecule has 1 amide bonds. The summed E-state index contributed by atoms with van der Waals surface area (Å²) < 4.78 is 27.4. The average molecular weight is 500 g/mol. The molecule has 0 unspecified atom stereocenters. The molecule has 0 radical (unpaired) electrons. The number of carbonyl (C=O) groups excluding carboxylic acids is 1. The van der Waals surface area contributed by atoms with Gasteiger partial charge in [-0.1, -0.05) is 12.8 Å². The summed E-state index contributed by atoms with van der Waals surface area (Å²) in [4.78, 5) is 27.1. The number of piperidine rings is 1. The van der Waals surface area contributed by atoms with Crippen LogP contribution < -0.4 is 10.2 Å². The predicted molar refractivity (Wildman–Crippen MR) is 133 cm³/mol. The fraction of sp³-hybridized carbons (Fsp3) is 0.692. The molecule has 2 aromatic heterocycles. The van der Waals surface area contributed by atoms with Gasteiger partial charge in [-0.15, -0.1) is 0 Å². The van der Waals surface area contributed by atoms with Crippen LogP contribution >= 0.6 is 0 Å². The van der Waals surface area contributed by atoms with Crippen molar-refractivity contribution in [2.45, 2.75) is 94.9 Å². The van der Waals surface area contributed by atoms with Crippen molar-refractivity contribution >= 4 is 23.5 Å². The van der Waals surface area contributed by atoms with Crippen molar-refractivity contribution in [3.63, 3.8) is 0 Å². The zero-order chi connectivity index (χ0) is 24.9. The Morgan fingerprint density at radius 1 is 1.06 bits per heavy atom. The quantitative estimate of drug-likeness (QED) is 0.620. The molecule has 4 heterocycles. The lowest BCUT2D eigenvalue weighted by molar-refractivity contribution is -0.142. The monoisotopic (exact) mass is 499 g/mol. The van der Waals surface area contributed by atoms with Crippen LogP contribution in [-0.2, 0) is 17.6 Å². The number of H-pyrrole nitrogens is 1. The van der Waals surface area contributed by atoms with E-state index in [2.05, 4.69) is 21.6 Å². The van der Waals surface area contributed by atoms with Crippen molar-refractivity contribution in [2.75, 3.05) is 29.9 Å². The molecule has 4 aliphatic rings. The summed E-state index contributed by atoms with van der Waals surface area (Å²) in [5, 5.41) is 11.2. The summed E-state index contributed by atoms with van der Waals surface area (Å²) in [6.45, 7) is 2.77. The zero-order valence-electron chi connectivity index (χ0n) is 21.0. The predicted octanol–water partition coefficient (Wildman–Crippen LogP) is 4.71. The number of rotatable bonds is 5. The number of nitrogens with zero attached hydrogens (tertiary/aromatic N) is 5. The highest BCUT2D eigenvalue weighted by Crippen LogP contribution is 2.39. The number of likely N-dealkylation sites (tertiary alicyclic amines) is 1. The fourth-order valence-electron chi connectivity index (χ4n) is 6.50. The van der Waals surface area contributed by atoms with Gasteiger partial charge in [0, 0.05) is 55.7 Å². The first-order chi connectivity index (χ1) is 17.3. The van der Waals surface area contributed by atoms with E-state index in [0.29, 0.717) is 24.8 Å². The molecule has 1 atom stereocenters. The lowest BCUT2D eigenvalue weighted by Crippen LogP contribution is -2.57. The Morgan fingerprint density at radius 3 is 2.61 bits per heavy atom. The number of carbonyl (C=O) groups is 1. The molecular weight excluding hydrogens is 464 g/mol. The second-order valence-corrected chi connectivity index (χ2v) is 11.1. The third-order valence-corrected chi connectivity index (χ3v) is 8.69. The number of aromatic amines is 1. The second kappa shape index (κ2) is 8.95. The van der Waals surface area contributed by atoms with Gasteiger partial charge in [0.15, 0.2) is 5.82 Å². The molecule has 194 valence electrons. The van der Waals surface area contributed by atoms with Crippen molar-refractivity contribution in [3.05, 3.63) is 23.0 Å². The Hall–Kier alpha value is -2.78. The fourth-order valence-corrected chi connectivity index (χ4v) is 6.50. The van der Waals surface area contributed by atoms with Gasteiger partial charge in [-0.2, -0.15) is 10.1 Å². The number of hydrogen-bond acceptors (Lipinski definition) is 6. The van der Waals surface area contributed by atoms with E-state index in [0.717, 1.165) is 48.6 Å². The minimum atomic E-state index is -2.68. The molecule has 0 spiro atoms. The van der Waals surface area contributed by atoms with Gasteiger partial charge in [-0.25, -0.2) is 13.8 Å². The number of anilines is 3. The minimum absolute atomic E-state index is 0.0929. The number of nitrogens with one attached hydrogen (secondary N) is 2. The van der Waals surface area contributed by atoms with Gasteiger partial charge in [-0.05, 0) is 51.9 Å². The average Bonchev–Trinajstić information content (AvgIpc) is 3.65. The minimum Gasteiger partial charge on any atom is -0.340 e. The van der Waals surface area contributed by atoms with Crippen molar-refractivity contribution in [2.24, 2.45) is 0 Å². The molecular formula is C26H35F2N7O. The van der Waals surface area contributed by atoms with E-state index < -0.39 is 11.5 Å². The molecule has 0 bridgehead atoms. The van der Waals surface area contributed by atoms with E-state index in [-0.39, 0.29) is 31.8 Å². The first kappa shape index (κ1) is 23.6. The van der Waals surface area contributed by atoms with Gasteiger partial charge < -0.3 is 15.1 Å². The molecule has 0 aromatic carbocycles. The molecule has 6 rings (SSSR count). The highest BCUT2D eigenvalue weighted by molar-refractivity contribution is 5.90. The van der Waals surface area contributed by atoms with E-state index in [4.69, 9.17) is 9.97 Å². The number of aryl methyl sites for hydroxylation is 1. The highest BCUT2D eigenvalue weighted by atomic mass is 19.3. The van der Waals surface area contributed by atoms with E-state index in [1.54, 1.807) is 4.90 Å². The summed E-state index contributed by atoms with van der Waals surface area (Å²) in [5.74, 6) is -0.170. The Balaban J connectivity index is 1.26. The van der Waals surface area contributed by atoms with Crippen LogP contribution in [-0.4, -0.2) is 62.1 Å². The first-order valence-corrected chi connectivity index (χ1v) is 13.5. The van der Waals surface area contributed by atoms with E-state index >= 15 is 0 Å². The Kier molecular flexibility index (Phi) is 5.87. The lowest BCUT2D eigenvalue weighted by Gasteiger charge is -2.40. The summed E-state index contributed by atoms with van der Waals surface area (Å²) in [5.41, 5.74) is 2.48. The molecule has 2 N–H and O–H groups in total. The SMILES string of the molecule is C[C@]1(C(=O)N2CCC(F)(F)CC2)CCCN1c1nc2c(c(Nc3cc(C4CCCC4)[nH]n3)n1)CCC2. The lowest BCUT2D eigenvalue weighted by atomic mass is 9.95. The number of alkyl halides is 2.